The molecule has 2 heterocycles. The number of fused-ring (bicyclic) bond motifs is 1. The van der Waals surface area contributed by atoms with Gasteiger partial charge in [0.25, 0.3) is 0 Å². The number of benzene rings is 1. The summed E-state index contributed by atoms with van der Waals surface area (Å²) in [6.07, 6.45) is -0.0530. The molecule has 1 aliphatic rings. The van der Waals surface area contributed by atoms with Gasteiger partial charge in [0, 0.05) is 5.56 Å². The number of hydrogen-bond acceptors (Lipinski definition) is 6. The maximum Gasteiger partial charge on any atom is 0.305 e. The molecule has 8 nitrogen and oxygen atoms in total. The minimum atomic E-state index is -0.897. The average molecular weight is 290 g/mol. The minimum absolute atomic E-state index is 0.0530. The van der Waals surface area contributed by atoms with Crippen LogP contribution in [0.5, 0.6) is 11.5 Å². The van der Waals surface area contributed by atoms with Crippen LogP contribution < -0.4 is 9.47 Å². The van der Waals surface area contributed by atoms with Gasteiger partial charge in [0.1, 0.15) is 13.2 Å². The summed E-state index contributed by atoms with van der Waals surface area (Å²) in [5, 5.41) is 20.4. The van der Waals surface area contributed by atoms with Gasteiger partial charge in [0.05, 0.1) is 12.5 Å². The Labute approximate surface area is 120 Å². The van der Waals surface area contributed by atoms with E-state index in [-0.39, 0.29) is 12.5 Å². The highest BCUT2D eigenvalue weighted by molar-refractivity contribution is 5.67. The highest BCUT2D eigenvalue weighted by Gasteiger charge is 2.19. The number of rotatable bonds is 4. The molecule has 0 spiro atoms. The molecule has 0 fully saturated rings. The van der Waals surface area contributed by atoms with Gasteiger partial charge in [-0.05, 0) is 35.5 Å². The van der Waals surface area contributed by atoms with E-state index in [0.29, 0.717) is 30.5 Å². The van der Waals surface area contributed by atoms with Gasteiger partial charge in [-0.2, -0.15) is 0 Å². The summed E-state index contributed by atoms with van der Waals surface area (Å²) in [5.41, 5.74) is 0.751. The van der Waals surface area contributed by atoms with Crippen molar-refractivity contribution in [1.82, 2.24) is 20.2 Å². The Bertz CT molecular complexity index is 670. The van der Waals surface area contributed by atoms with Gasteiger partial charge in [0.15, 0.2) is 17.3 Å². The molecule has 0 amide bonds. The quantitative estimate of drug-likeness (QED) is 0.901. The van der Waals surface area contributed by atoms with Crippen LogP contribution in [-0.2, 0) is 4.79 Å². The molecule has 2 aromatic rings. The molecule has 8 heteroatoms. The third kappa shape index (κ3) is 2.64. The molecule has 1 N–H and O–H groups in total. The van der Waals surface area contributed by atoms with E-state index >= 15 is 0 Å². The zero-order valence-corrected chi connectivity index (χ0v) is 11.4. The first-order valence-corrected chi connectivity index (χ1v) is 6.55. The summed E-state index contributed by atoms with van der Waals surface area (Å²) in [6, 6.07) is 5.07. The number of carbonyl (C=O) groups is 1. The largest absolute Gasteiger partial charge is 0.486 e. The number of hydrogen-bond donors (Lipinski definition) is 1. The Morgan fingerprint density at radius 3 is 2.90 bits per heavy atom. The molecule has 1 atom stereocenters. The van der Waals surface area contributed by atoms with Gasteiger partial charge in [-0.3, -0.25) is 4.79 Å². The van der Waals surface area contributed by atoms with Gasteiger partial charge in [0.2, 0.25) is 0 Å². The van der Waals surface area contributed by atoms with E-state index in [1.165, 1.54) is 4.68 Å². The normalized spacial score (nSPS) is 14.7. The molecule has 3 rings (SSSR count). The zero-order valence-electron chi connectivity index (χ0n) is 11.4. The van der Waals surface area contributed by atoms with Crippen LogP contribution in [0.15, 0.2) is 18.2 Å². The molecular formula is C13H14N4O4. The summed E-state index contributed by atoms with van der Waals surface area (Å²) >= 11 is 0. The van der Waals surface area contributed by atoms with Crippen molar-refractivity contribution in [2.75, 3.05) is 13.2 Å². The van der Waals surface area contributed by atoms with Crippen molar-refractivity contribution in [3.05, 3.63) is 18.2 Å². The van der Waals surface area contributed by atoms with Gasteiger partial charge >= 0.3 is 5.97 Å². The predicted octanol–water partition coefficient (Wildman–Crippen LogP) is 1.15. The Hall–Kier alpha value is -2.64. The Kier molecular flexibility index (Phi) is 3.43. The van der Waals surface area contributed by atoms with Crippen molar-refractivity contribution < 1.29 is 19.4 Å². The number of nitrogens with zero attached hydrogens (tertiary/aromatic N) is 4. The third-order valence-electron chi connectivity index (χ3n) is 3.18. The van der Waals surface area contributed by atoms with Crippen LogP contribution in [-0.4, -0.2) is 44.5 Å². The third-order valence-corrected chi connectivity index (χ3v) is 3.18. The second-order valence-corrected chi connectivity index (χ2v) is 4.75. The van der Waals surface area contributed by atoms with Crippen LogP contribution in [0.1, 0.15) is 19.4 Å². The zero-order chi connectivity index (χ0) is 14.8. The highest BCUT2D eigenvalue weighted by Crippen LogP contribution is 2.34. The molecule has 0 saturated carbocycles. The molecular weight excluding hydrogens is 276 g/mol. The molecule has 1 aromatic heterocycles. The van der Waals surface area contributed by atoms with E-state index in [9.17, 15) is 4.79 Å². The Morgan fingerprint density at radius 2 is 2.14 bits per heavy atom. The minimum Gasteiger partial charge on any atom is -0.486 e. The van der Waals surface area contributed by atoms with E-state index < -0.39 is 5.97 Å². The lowest BCUT2D eigenvalue weighted by atomic mass is 10.1. The topological polar surface area (TPSA) is 99.4 Å². The van der Waals surface area contributed by atoms with Crippen LogP contribution in [0.25, 0.3) is 11.4 Å². The molecule has 0 saturated heterocycles. The van der Waals surface area contributed by atoms with Crippen LogP contribution in [0.4, 0.5) is 0 Å². The SMILES string of the molecule is CC(CC(=O)O)n1nnnc1-c1ccc2c(c1)OCCO2. The highest BCUT2D eigenvalue weighted by atomic mass is 16.6. The summed E-state index contributed by atoms with van der Waals surface area (Å²) in [5.74, 6) is 0.925. The lowest BCUT2D eigenvalue weighted by molar-refractivity contribution is -0.137. The second kappa shape index (κ2) is 5.39. The summed E-state index contributed by atoms with van der Waals surface area (Å²) < 4.78 is 12.5. The summed E-state index contributed by atoms with van der Waals surface area (Å²) in [7, 11) is 0. The first-order chi connectivity index (χ1) is 10.1. The van der Waals surface area contributed by atoms with Crippen LogP contribution in [0.2, 0.25) is 0 Å². The standard InChI is InChI=1S/C13H14N4O4/c1-8(6-12(18)19)17-13(14-15-16-17)9-2-3-10-11(7-9)21-5-4-20-10/h2-3,7-8H,4-6H2,1H3,(H,18,19). The maximum absolute atomic E-state index is 10.8. The van der Waals surface area contributed by atoms with E-state index in [0.717, 1.165) is 5.56 Å². The molecule has 0 aliphatic carbocycles. The van der Waals surface area contributed by atoms with E-state index in [4.69, 9.17) is 14.6 Å². The molecule has 21 heavy (non-hydrogen) atoms. The first-order valence-electron chi connectivity index (χ1n) is 6.55. The summed E-state index contributed by atoms with van der Waals surface area (Å²) in [6.45, 7) is 2.78. The number of tetrazole rings is 1. The van der Waals surface area contributed by atoms with E-state index in [1.54, 1.807) is 19.1 Å². The molecule has 110 valence electrons. The van der Waals surface area contributed by atoms with Gasteiger partial charge < -0.3 is 14.6 Å². The number of carboxylic acid groups (broad SMARTS) is 1. The van der Waals surface area contributed by atoms with Crippen molar-refractivity contribution in [3.8, 4) is 22.9 Å². The van der Waals surface area contributed by atoms with Crippen LogP contribution >= 0.6 is 0 Å². The molecule has 1 aliphatic heterocycles. The van der Waals surface area contributed by atoms with Crippen LogP contribution in [0, 0.1) is 0 Å². The summed E-state index contributed by atoms with van der Waals surface area (Å²) in [4.78, 5) is 10.8. The van der Waals surface area contributed by atoms with Gasteiger partial charge in [-0.1, -0.05) is 0 Å². The van der Waals surface area contributed by atoms with Crippen LogP contribution in [0.3, 0.4) is 0 Å². The number of aliphatic carboxylic acids is 1. The van der Waals surface area contributed by atoms with E-state index in [2.05, 4.69) is 15.5 Å². The van der Waals surface area contributed by atoms with Crippen molar-refractivity contribution in [2.24, 2.45) is 0 Å². The van der Waals surface area contributed by atoms with Crippen molar-refractivity contribution in [2.45, 2.75) is 19.4 Å². The molecule has 1 aromatic carbocycles. The predicted molar refractivity (Wildman–Crippen MR) is 71.2 cm³/mol. The average Bonchev–Trinajstić information content (AvgIpc) is 2.95. The fourth-order valence-electron chi connectivity index (χ4n) is 2.20. The maximum atomic E-state index is 10.8. The van der Waals surface area contributed by atoms with Gasteiger partial charge in [-0.25, -0.2) is 4.68 Å². The number of carboxylic acids is 1. The van der Waals surface area contributed by atoms with E-state index in [1.807, 2.05) is 6.07 Å². The first kappa shape index (κ1) is 13.3. The Morgan fingerprint density at radius 1 is 1.38 bits per heavy atom. The monoisotopic (exact) mass is 290 g/mol. The smallest absolute Gasteiger partial charge is 0.305 e. The van der Waals surface area contributed by atoms with Crippen molar-refractivity contribution in [1.29, 1.82) is 0 Å². The molecule has 0 bridgehead atoms. The number of ether oxygens (including phenoxy) is 2. The lowest BCUT2D eigenvalue weighted by Crippen LogP contribution is -2.16. The Balaban J connectivity index is 1.94. The lowest BCUT2D eigenvalue weighted by Gasteiger charge is -2.19. The number of aromatic nitrogens is 4. The van der Waals surface area contributed by atoms with Gasteiger partial charge in [-0.15, -0.1) is 5.10 Å². The fourth-order valence-corrected chi connectivity index (χ4v) is 2.20. The molecule has 1 unspecified atom stereocenters. The van der Waals surface area contributed by atoms with Crippen molar-refractivity contribution >= 4 is 5.97 Å². The fraction of sp³-hybridized carbons (Fsp3) is 0.385. The van der Waals surface area contributed by atoms with Crippen molar-refractivity contribution in [3.63, 3.8) is 0 Å². The second-order valence-electron chi connectivity index (χ2n) is 4.75. The molecule has 0 radical (unpaired) electrons.